The maximum atomic E-state index is 12.2. The molecule has 2 N–H and O–H groups in total. The quantitative estimate of drug-likeness (QED) is 0.691. The van der Waals surface area contributed by atoms with Crippen LogP contribution >= 0.6 is 11.6 Å². The molecule has 0 unspecified atom stereocenters. The summed E-state index contributed by atoms with van der Waals surface area (Å²) >= 11 is 6.03. The highest BCUT2D eigenvalue weighted by Gasteiger charge is 2.19. The van der Waals surface area contributed by atoms with Gasteiger partial charge < -0.3 is 10.2 Å². The molecule has 0 bridgehead atoms. The molecular weight excluding hydrogens is 338 g/mol. The molecule has 0 fully saturated rings. The van der Waals surface area contributed by atoms with E-state index in [0.717, 1.165) is 13.0 Å². The Hall–Kier alpha value is -1.15. The molecule has 1 aromatic rings. The number of amides is 1. The molecular formula is C15H24ClN3O3S. The number of nitrogens with one attached hydrogen (secondary N) is 2. The van der Waals surface area contributed by atoms with Gasteiger partial charge in [0.05, 0.1) is 15.5 Å². The topological polar surface area (TPSA) is 78.5 Å². The average molecular weight is 362 g/mol. The van der Waals surface area contributed by atoms with Crippen LogP contribution in [0.4, 0.5) is 0 Å². The average Bonchev–Trinajstić information content (AvgIpc) is 2.42. The normalized spacial score (nSPS) is 12.0. The third kappa shape index (κ3) is 6.47. The van der Waals surface area contributed by atoms with Gasteiger partial charge in [-0.2, -0.15) is 0 Å². The maximum absolute atomic E-state index is 12.2. The Morgan fingerprint density at radius 1 is 1.30 bits per heavy atom. The Kier molecular flexibility index (Phi) is 7.47. The summed E-state index contributed by atoms with van der Waals surface area (Å²) in [6.45, 7) is 4.80. The molecule has 0 spiro atoms. The van der Waals surface area contributed by atoms with Crippen molar-refractivity contribution in [3.8, 4) is 0 Å². The monoisotopic (exact) mass is 361 g/mol. The molecule has 1 rings (SSSR count). The summed E-state index contributed by atoms with van der Waals surface area (Å²) in [5.74, 6) is -0.379. The molecule has 6 nitrogen and oxygen atoms in total. The van der Waals surface area contributed by atoms with E-state index in [1.807, 2.05) is 19.0 Å². The third-order valence-electron chi connectivity index (χ3n) is 2.95. The van der Waals surface area contributed by atoms with Crippen molar-refractivity contribution in [1.82, 2.24) is 14.9 Å². The smallest absolute Gasteiger partial charge is 0.252 e. The minimum atomic E-state index is -3.66. The lowest BCUT2D eigenvalue weighted by atomic mass is 10.2. The van der Waals surface area contributed by atoms with Gasteiger partial charge in [0.25, 0.3) is 5.91 Å². The van der Waals surface area contributed by atoms with Crippen molar-refractivity contribution in [3.05, 3.63) is 28.8 Å². The van der Waals surface area contributed by atoms with E-state index in [9.17, 15) is 13.2 Å². The zero-order valence-corrected chi connectivity index (χ0v) is 15.5. The van der Waals surface area contributed by atoms with Crippen molar-refractivity contribution < 1.29 is 13.2 Å². The fourth-order valence-corrected chi connectivity index (χ4v) is 3.40. The lowest BCUT2D eigenvalue weighted by Crippen LogP contribution is -2.31. The minimum absolute atomic E-state index is 0.0223. The van der Waals surface area contributed by atoms with Crippen LogP contribution in [0.5, 0.6) is 0 Å². The number of hydrogen-bond acceptors (Lipinski definition) is 4. The molecule has 23 heavy (non-hydrogen) atoms. The fourth-order valence-electron chi connectivity index (χ4n) is 1.92. The number of nitrogens with zero attached hydrogens (tertiary/aromatic N) is 1. The predicted octanol–water partition coefficient (Wildman–Crippen LogP) is 1.71. The number of halogens is 1. The second kappa shape index (κ2) is 8.63. The van der Waals surface area contributed by atoms with Gasteiger partial charge in [-0.25, -0.2) is 13.1 Å². The lowest BCUT2D eigenvalue weighted by Gasteiger charge is -2.13. The van der Waals surface area contributed by atoms with Gasteiger partial charge in [0.1, 0.15) is 0 Å². The molecule has 8 heteroatoms. The van der Waals surface area contributed by atoms with E-state index >= 15 is 0 Å². The predicted molar refractivity (Wildman–Crippen MR) is 92.4 cm³/mol. The van der Waals surface area contributed by atoms with Gasteiger partial charge in [0, 0.05) is 12.6 Å². The lowest BCUT2D eigenvalue weighted by molar-refractivity contribution is 0.0952. The molecule has 130 valence electrons. The Morgan fingerprint density at radius 2 is 1.96 bits per heavy atom. The molecule has 0 atom stereocenters. The number of benzene rings is 1. The van der Waals surface area contributed by atoms with Gasteiger partial charge >= 0.3 is 0 Å². The van der Waals surface area contributed by atoms with Crippen LogP contribution in [0.15, 0.2) is 23.1 Å². The van der Waals surface area contributed by atoms with E-state index < -0.39 is 10.0 Å². The molecule has 0 radical (unpaired) electrons. The molecule has 0 aliphatic carbocycles. The summed E-state index contributed by atoms with van der Waals surface area (Å²) in [5, 5.41) is 2.97. The van der Waals surface area contributed by atoms with Gasteiger partial charge in [-0.3, -0.25) is 4.79 Å². The van der Waals surface area contributed by atoms with Crippen molar-refractivity contribution in [2.45, 2.75) is 31.2 Å². The van der Waals surface area contributed by atoms with Crippen LogP contribution in [0.3, 0.4) is 0 Å². The van der Waals surface area contributed by atoms with Crippen molar-refractivity contribution >= 4 is 27.5 Å². The van der Waals surface area contributed by atoms with Crippen LogP contribution < -0.4 is 10.0 Å². The number of hydrogen-bond donors (Lipinski definition) is 2. The Balaban J connectivity index is 2.87. The Labute approximate surface area is 143 Å². The molecule has 0 aliphatic heterocycles. The Bertz CT molecular complexity index is 645. The number of rotatable bonds is 8. The SMILES string of the molecule is CC(C)NS(=O)(=O)c1ccc(Cl)c(C(=O)NCCCN(C)C)c1. The first kappa shape index (κ1) is 19.9. The first-order valence-electron chi connectivity index (χ1n) is 7.38. The van der Waals surface area contributed by atoms with Crippen LogP contribution in [0.1, 0.15) is 30.6 Å². The summed E-state index contributed by atoms with van der Waals surface area (Å²) in [6.07, 6.45) is 0.795. The van der Waals surface area contributed by atoms with E-state index in [2.05, 4.69) is 10.0 Å². The van der Waals surface area contributed by atoms with Crippen LogP contribution in [0.2, 0.25) is 5.02 Å². The summed E-state index contributed by atoms with van der Waals surface area (Å²) in [7, 11) is 0.242. The zero-order chi connectivity index (χ0) is 17.6. The van der Waals surface area contributed by atoms with Gasteiger partial charge in [-0.1, -0.05) is 11.6 Å². The van der Waals surface area contributed by atoms with Crippen molar-refractivity contribution in [1.29, 1.82) is 0 Å². The van der Waals surface area contributed by atoms with Crippen molar-refractivity contribution in [2.24, 2.45) is 0 Å². The molecule has 0 saturated heterocycles. The van der Waals surface area contributed by atoms with E-state index in [0.29, 0.717) is 6.54 Å². The van der Waals surface area contributed by atoms with Crippen LogP contribution in [0.25, 0.3) is 0 Å². The Morgan fingerprint density at radius 3 is 2.52 bits per heavy atom. The third-order valence-corrected chi connectivity index (χ3v) is 4.94. The van der Waals surface area contributed by atoms with E-state index in [4.69, 9.17) is 11.6 Å². The molecule has 0 saturated carbocycles. The zero-order valence-electron chi connectivity index (χ0n) is 13.9. The fraction of sp³-hybridized carbons (Fsp3) is 0.533. The summed E-state index contributed by atoms with van der Waals surface area (Å²) in [4.78, 5) is 14.2. The first-order chi connectivity index (χ1) is 10.6. The highest BCUT2D eigenvalue weighted by Crippen LogP contribution is 2.20. The van der Waals surface area contributed by atoms with Crippen LogP contribution in [-0.2, 0) is 10.0 Å². The highest BCUT2D eigenvalue weighted by molar-refractivity contribution is 7.89. The molecule has 1 amide bonds. The van der Waals surface area contributed by atoms with Gasteiger partial charge in [0.2, 0.25) is 10.0 Å². The minimum Gasteiger partial charge on any atom is -0.352 e. The summed E-state index contributed by atoms with van der Waals surface area (Å²) in [5.41, 5.74) is 0.156. The molecule has 0 aliphatic rings. The number of sulfonamides is 1. The van der Waals surface area contributed by atoms with Gasteiger partial charge in [0.15, 0.2) is 0 Å². The van der Waals surface area contributed by atoms with Crippen molar-refractivity contribution in [2.75, 3.05) is 27.2 Å². The molecule has 0 heterocycles. The maximum Gasteiger partial charge on any atom is 0.252 e. The van der Waals surface area contributed by atoms with Crippen molar-refractivity contribution in [3.63, 3.8) is 0 Å². The number of carbonyl (C=O) groups excluding carboxylic acids is 1. The summed E-state index contributed by atoms with van der Waals surface area (Å²) < 4.78 is 26.8. The van der Waals surface area contributed by atoms with Gasteiger partial charge in [-0.15, -0.1) is 0 Å². The molecule has 0 aromatic heterocycles. The summed E-state index contributed by atoms with van der Waals surface area (Å²) in [6, 6.07) is 3.87. The van der Waals surface area contributed by atoms with E-state index in [1.54, 1.807) is 13.8 Å². The second-order valence-corrected chi connectivity index (χ2v) is 7.95. The standard InChI is InChI=1S/C15H24ClN3O3S/c1-11(2)18-23(21,22)12-6-7-14(16)13(10-12)15(20)17-8-5-9-19(3)4/h6-7,10-11,18H,5,8-9H2,1-4H3,(H,17,20). The largest absolute Gasteiger partial charge is 0.352 e. The molecule has 1 aromatic carbocycles. The number of carbonyl (C=O) groups is 1. The van der Waals surface area contributed by atoms with Gasteiger partial charge in [-0.05, 0) is 59.1 Å². The van der Waals surface area contributed by atoms with Crippen LogP contribution in [-0.4, -0.2) is 52.5 Å². The van der Waals surface area contributed by atoms with Crippen LogP contribution in [0, 0.1) is 0 Å². The second-order valence-electron chi connectivity index (χ2n) is 5.83. The first-order valence-corrected chi connectivity index (χ1v) is 9.24. The highest BCUT2D eigenvalue weighted by atomic mass is 35.5. The van der Waals surface area contributed by atoms with E-state index in [-0.39, 0.29) is 27.4 Å². The van der Waals surface area contributed by atoms with E-state index in [1.165, 1.54) is 18.2 Å².